The number of ether oxygens (including phenoxy) is 1. The monoisotopic (exact) mass is 369 g/mol. The normalized spacial score (nSPS) is 15.4. The van der Waals surface area contributed by atoms with E-state index in [1.54, 1.807) is 7.11 Å². The zero-order valence-electron chi connectivity index (χ0n) is 15.3. The lowest BCUT2D eigenvalue weighted by Gasteiger charge is -2.29. The number of rotatable bonds is 7. The molecule has 0 bridgehead atoms. The summed E-state index contributed by atoms with van der Waals surface area (Å²) in [5.74, 6) is 0.939. The average Bonchev–Trinajstić information content (AvgIpc) is 3.22. The van der Waals surface area contributed by atoms with Crippen molar-refractivity contribution in [2.45, 2.75) is 25.4 Å². The van der Waals surface area contributed by atoms with Gasteiger partial charge in [0.2, 0.25) is 0 Å². The first-order valence-electron chi connectivity index (χ1n) is 9.20. The molecule has 0 aliphatic carbocycles. The highest BCUT2D eigenvalue weighted by molar-refractivity contribution is 7.80. The summed E-state index contributed by atoms with van der Waals surface area (Å²) < 4.78 is 5.60. The van der Waals surface area contributed by atoms with Crippen LogP contribution in [0.4, 0.5) is 0 Å². The van der Waals surface area contributed by atoms with Crippen LogP contribution in [0.5, 0.6) is 5.75 Å². The van der Waals surface area contributed by atoms with E-state index in [4.69, 9.17) is 17.0 Å². The molecule has 0 amide bonds. The van der Waals surface area contributed by atoms with Gasteiger partial charge >= 0.3 is 0 Å². The number of benzene rings is 2. The summed E-state index contributed by atoms with van der Waals surface area (Å²) in [4.78, 5) is 2.52. The Morgan fingerprint density at radius 1 is 1.04 bits per heavy atom. The van der Waals surface area contributed by atoms with Crippen LogP contribution in [0.2, 0.25) is 0 Å². The molecule has 0 saturated carbocycles. The molecule has 0 radical (unpaired) electrons. The molecule has 138 valence electrons. The third-order valence-electron chi connectivity index (χ3n) is 4.83. The second kappa shape index (κ2) is 9.55. The fourth-order valence-electron chi connectivity index (χ4n) is 3.46. The maximum absolute atomic E-state index is 5.60. The van der Waals surface area contributed by atoms with Crippen LogP contribution in [0.3, 0.4) is 0 Å². The molecule has 2 aromatic carbocycles. The minimum Gasteiger partial charge on any atom is -0.496 e. The zero-order chi connectivity index (χ0) is 18.2. The van der Waals surface area contributed by atoms with Crippen LogP contribution < -0.4 is 15.4 Å². The Morgan fingerprint density at radius 3 is 2.46 bits per heavy atom. The van der Waals surface area contributed by atoms with Crippen molar-refractivity contribution in [3.8, 4) is 5.75 Å². The highest BCUT2D eigenvalue weighted by Crippen LogP contribution is 2.31. The van der Waals surface area contributed by atoms with Gasteiger partial charge in [-0.2, -0.15) is 0 Å². The highest BCUT2D eigenvalue weighted by Gasteiger charge is 2.25. The minimum atomic E-state index is 0.255. The summed E-state index contributed by atoms with van der Waals surface area (Å²) in [6.45, 7) is 3.74. The van der Waals surface area contributed by atoms with E-state index < -0.39 is 0 Å². The van der Waals surface area contributed by atoms with Crippen molar-refractivity contribution in [1.82, 2.24) is 15.5 Å². The molecule has 2 aromatic rings. The number of nitrogens with one attached hydrogen (secondary N) is 2. The molecular formula is C21H27N3OS. The molecular weight excluding hydrogens is 342 g/mol. The molecule has 1 saturated heterocycles. The number of nitrogens with zero attached hydrogens (tertiary/aromatic N) is 1. The number of thiocarbonyl (C=S) groups is 1. The second-order valence-electron chi connectivity index (χ2n) is 6.55. The predicted octanol–water partition coefficient (Wildman–Crippen LogP) is 3.50. The summed E-state index contributed by atoms with van der Waals surface area (Å²) in [5.41, 5.74) is 2.44. The Bertz CT molecular complexity index is 701. The van der Waals surface area contributed by atoms with E-state index in [0.717, 1.165) is 31.9 Å². The van der Waals surface area contributed by atoms with Gasteiger partial charge in [-0.05, 0) is 49.8 Å². The largest absolute Gasteiger partial charge is 0.496 e. The smallest absolute Gasteiger partial charge is 0.166 e. The van der Waals surface area contributed by atoms with Gasteiger partial charge in [-0.1, -0.05) is 48.5 Å². The lowest BCUT2D eigenvalue weighted by atomic mass is 10.0. The second-order valence-corrected chi connectivity index (χ2v) is 6.96. The number of para-hydroxylation sites is 1. The van der Waals surface area contributed by atoms with Crippen molar-refractivity contribution in [1.29, 1.82) is 0 Å². The van der Waals surface area contributed by atoms with E-state index in [1.807, 2.05) is 30.3 Å². The van der Waals surface area contributed by atoms with E-state index in [1.165, 1.54) is 24.0 Å². The standard InChI is InChI=1S/C21H27N3OS/c1-25-20-12-6-5-11-18(20)19(24-13-7-8-14-24)16-23-21(26)22-15-17-9-3-2-4-10-17/h2-6,9-12,19H,7-8,13-16H2,1H3,(H2,22,23,26)/t19-/m0/s1. The molecule has 26 heavy (non-hydrogen) atoms. The van der Waals surface area contributed by atoms with Gasteiger partial charge in [0.1, 0.15) is 5.75 Å². The van der Waals surface area contributed by atoms with Gasteiger partial charge in [0.25, 0.3) is 0 Å². The first kappa shape index (κ1) is 18.7. The fourth-order valence-corrected chi connectivity index (χ4v) is 3.62. The van der Waals surface area contributed by atoms with Crippen LogP contribution in [0.25, 0.3) is 0 Å². The Morgan fingerprint density at radius 2 is 1.73 bits per heavy atom. The SMILES string of the molecule is COc1ccccc1[C@H](CNC(=S)NCc1ccccc1)N1CCCC1. The fraction of sp³-hybridized carbons (Fsp3) is 0.381. The van der Waals surface area contributed by atoms with Crippen molar-refractivity contribution in [2.24, 2.45) is 0 Å². The Hall–Kier alpha value is -2.11. The molecule has 2 N–H and O–H groups in total. The topological polar surface area (TPSA) is 36.5 Å². The summed E-state index contributed by atoms with van der Waals surface area (Å²) in [6.07, 6.45) is 2.50. The molecule has 5 heteroatoms. The van der Waals surface area contributed by atoms with E-state index in [9.17, 15) is 0 Å². The molecule has 1 aliphatic rings. The third-order valence-corrected chi connectivity index (χ3v) is 5.12. The maximum atomic E-state index is 5.60. The van der Waals surface area contributed by atoms with Crippen molar-refractivity contribution in [3.63, 3.8) is 0 Å². The zero-order valence-corrected chi connectivity index (χ0v) is 16.1. The highest BCUT2D eigenvalue weighted by atomic mass is 32.1. The summed E-state index contributed by atoms with van der Waals surface area (Å²) in [5, 5.41) is 7.39. The van der Waals surface area contributed by atoms with Crippen molar-refractivity contribution in [2.75, 3.05) is 26.7 Å². The molecule has 0 aromatic heterocycles. The Kier molecular flexibility index (Phi) is 6.86. The first-order valence-corrected chi connectivity index (χ1v) is 9.61. The average molecular weight is 370 g/mol. The number of hydrogen-bond acceptors (Lipinski definition) is 3. The number of methoxy groups -OCH3 is 1. The van der Waals surface area contributed by atoms with Gasteiger partial charge in [-0.25, -0.2) is 0 Å². The number of likely N-dealkylation sites (tertiary alicyclic amines) is 1. The maximum Gasteiger partial charge on any atom is 0.166 e. The third kappa shape index (κ3) is 4.96. The molecule has 0 unspecified atom stereocenters. The van der Waals surface area contributed by atoms with Gasteiger partial charge in [0, 0.05) is 18.7 Å². The first-order chi connectivity index (χ1) is 12.8. The van der Waals surface area contributed by atoms with Gasteiger partial charge in [-0.15, -0.1) is 0 Å². The van der Waals surface area contributed by atoms with E-state index in [0.29, 0.717) is 5.11 Å². The van der Waals surface area contributed by atoms with Crippen LogP contribution in [-0.4, -0.2) is 36.8 Å². The Labute approximate surface area is 161 Å². The molecule has 1 heterocycles. The van der Waals surface area contributed by atoms with E-state index in [-0.39, 0.29) is 6.04 Å². The van der Waals surface area contributed by atoms with E-state index >= 15 is 0 Å². The van der Waals surface area contributed by atoms with Crippen molar-refractivity contribution < 1.29 is 4.74 Å². The van der Waals surface area contributed by atoms with Crippen LogP contribution in [-0.2, 0) is 6.54 Å². The van der Waals surface area contributed by atoms with Crippen LogP contribution in [0, 0.1) is 0 Å². The molecule has 1 fully saturated rings. The summed E-state index contributed by atoms with van der Waals surface area (Å²) in [7, 11) is 1.74. The quantitative estimate of drug-likeness (QED) is 0.731. The number of hydrogen-bond donors (Lipinski definition) is 2. The predicted molar refractivity (Wildman–Crippen MR) is 110 cm³/mol. The van der Waals surface area contributed by atoms with Crippen LogP contribution >= 0.6 is 12.2 Å². The van der Waals surface area contributed by atoms with Crippen LogP contribution in [0.15, 0.2) is 54.6 Å². The lowest BCUT2D eigenvalue weighted by Crippen LogP contribution is -2.41. The summed E-state index contributed by atoms with van der Waals surface area (Å²) in [6, 6.07) is 18.8. The van der Waals surface area contributed by atoms with Crippen LogP contribution in [0.1, 0.15) is 30.0 Å². The van der Waals surface area contributed by atoms with Gasteiger partial charge in [0.05, 0.1) is 13.2 Å². The summed E-state index contributed by atoms with van der Waals surface area (Å²) >= 11 is 5.49. The van der Waals surface area contributed by atoms with E-state index in [2.05, 4.69) is 39.8 Å². The molecule has 4 nitrogen and oxygen atoms in total. The van der Waals surface area contributed by atoms with Crippen molar-refractivity contribution >= 4 is 17.3 Å². The van der Waals surface area contributed by atoms with Crippen molar-refractivity contribution in [3.05, 3.63) is 65.7 Å². The minimum absolute atomic E-state index is 0.255. The van der Waals surface area contributed by atoms with Gasteiger partial charge < -0.3 is 15.4 Å². The lowest BCUT2D eigenvalue weighted by molar-refractivity contribution is 0.239. The Balaban J connectivity index is 1.61. The van der Waals surface area contributed by atoms with Gasteiger partial charge in [-0.3, -0.25) is 4.90 Å². The molecule has 3 rings (SSSR count). The molecule has 1 atom stereocenters. The molecule has 1 aliphatic heterocycles. The van der Waals surface area contributed by atoms with Gasteiger partial charge in [0.15, 0.2) is 5.11 Å². The molecule has 0 spiro atoms.